The number of nitrogens with zero attached hydrogens (tertiary/aromatic N) is 2. The Labute approximate surface area is 97.2 Å². The first-order valence-corrected chi connectivity index (χ1v) is 5.64. The van der Waals surface area contributed by atoms with Gasteiger partial charge in [-0.15, -0.1) is 6.58 Å². The largest absolute Gasteiger partial charge is 0.370 e. The molecule has 1 aromatic rings. The predicted molar refractivity (Wildman–Crippen MR) is 68.7 cm³/mol. The zero-order valence-corrected chi connectivity index (χ0v) is 10.0. The topological polar surface area (TPSA) is 49.8 Å². The molecule has 1 rings (SSSR count). The van der Waals surface area contributed by atoms with E-state index in [1.54, 1.807) is 12.3 Å². The first-order chi connectivity index (χ1) is 7.72. The highest BCUT2D eigenvalue weighted by molar-refractivity contribution is 5.39. The van der Waals surface area contributed by atoms with E-state index >= 15 is 0 Å². The maximum Gasteiger partial charge on any atom is 0.224 e. The van der Waals surface area contributed by atoms with Gasteiger partial charge in [0.25, 0.3) is 0 Å². The van der Waals surface area contributed by atoms with Crippen LogP contribution in [0.4, 0.5) is 11.8 Å². The average Bonchev–Trinajstić information content (AvgIpc) is 2.26. The van der Waals surface area contributed by atoms with E-state index in [-0.39, 0.29) is 0 Å². The van der Waals surface area contributed by atoms with Gasteiger partial charge in [0.15, 0.2) is 0 Å². The molecule has 0 atom stereocenters. The molecule has 0 aliphatic carbocycles. The van der Waals surface area contributed by atoms with E-state index in [0.717, 1.165) is 18.8 Å². The van der Waals surface area contributed by atoms with Crippen molar-refractivity contribution in [2.45, 2.75) is 20.3 Å². The Kier molecular flexibility index (Phi) is 5.32. The number of nitrogens with one attached hydrogen (secondary N) is 2. The van der Waals surface area contributed by atoms with Gasteiger partial charge >= 0.3 is 0 Å². The standard InChI is InChI=1S/C12H20N4/c1-4-7-14-12-15-9-6-11(16-12)13-8-5-10(2)3/h4,6,9-10H,1,5,7-8H2,2-3H3,(H2,13,14,15,16). The zero-order valence-electron chi connectivity index (χ0n) is 10.0. The molecule has 88 valence electrons. The van der Waals surface area contributed by atoms with Gasteiger partial charge in [-0.3, -0.25) is 0 Å². The Morgan fingerprint density at radius 1 is 1.44 bits per heavy atom. The number of anilines is 2. The van der Waals surface area contributed by atoms with Crippen LogP contribution in [0.15, 0.2) is 24.9 Å². The van der Waals surface area contributed by atoms with Crippen molar-refractivity contribution >= 4 is 11.8 Å². The molecule has 0 amide bonds. The van der Waals surface area contributed by atoms with Crippen molar-refractivity contribution in [2.75, 3.05) is 23.7 Å². The molecule has 0 bridgehead atoms. The summed E-state index contributed by atoms with van der Waals surface area (Å²) in [5.74, 6) is 2.20. The number of rotatable bonds is 7. The van der Waals surface area contributed by atoms with Gasteiger partial charge in [-0.05, 0) is 18.4 Å². The van der Waals surface area contributed by atoms with Crippen molar-refractivity contribution in [1.29, 1.82) is 0 Å². The van der Waals surface area contributed by atoms with Crippen LogP contribution in [0.25, 0.3) is 0 Å². The summed E-state index contributed by atoms with van der Waals surface area (Å²) in [7, 11) is 0. The second kappa shape index (κ2) is 6.82. The predicted octanol–water partition coefficient (Wildman–Crippen LogP) is 2.53. The van der Waals surface area contributed by atoms with Crippen molar-refractivity contribution in [2.24, 2.45) is 5.92 Å². The SMILES string of the molecule is C=CCNc1nccc(NCCC(C)C)n1. The third-order valence-corrected chi connectivity index (χ3v) is 2.09. The van der Waals surface area contributed by atoms with Gasteiger partial charge in [-0.25, -0.2) is 4.98 Å². The van der Waals surface area contributed by atoms with Gasteiger partial charge in [0, 0.05) is 19.3 Å². The monoisotopic (exact) mass is 220 g/mol. The first-order valence-electron chi connectivity index (χ1n) is 5.64. The molecule has 0 saturated heterocycles. The van der Waals surface area contributed by atoms with E-state index in [2.05, 4.69) is 41.0 Å². The Bertz CT molecular complexity index is 323. The van der Waals surface area contributed by atoms with Gasteiger partial charge in [0.2, 0.25) is 5.95 Å². The maximum absolute atomic E-state index is 4.33. The highest BCUT2D eigenvalue weighted by atomic mass is 15.1. The van der Waals surface area contributed by atoms with Crippen molar-refractivity contribution in [3.63, 3.8) is 0 Å². The quantitative estimate of drug-likeness (QED) is 0.693. The fourth-order valence-corrected chi connectivity index (χ4v) is 1.19. The van der Waals surface area contributed by atoms with E-state index in [9.17, 15) is 0 Å². The molecule has 0 saturated carbocycles. The highest BCUT2D eigenvalue weighted by Crippen LogP contribution is 2.06. The Morgan fingerprint density at radius 2 is 2.25 bits per heavy atom. The molecule has 16 heavy (non-hydrogen) atoms. The normalized spacial score (nSPS) is 10.2. The second-order valence-corrected chi connectivity index (χ2v) is 4.04. The molecule has 1 heterocycles. The average molecular weight is 220 g/mol. The van der Waals surface area contributed by atoms with Crippen molar-refractivity contribution in [1.82, 2.24) is 9.97 Å². The highest BCUT2D eigenvalue weighted by Gasteiger charge is 1.98. The van der Waals surface area contributed by atoms with E-state index in [0.29, 0.717) is 18.4 Å². The van der Waals surface area contributed by atoms with Crippen LogP contribution in [0.2, 0.25) is 0 Å². The Morgan fingerprint density at radius 3 is 2.94 bits per heavy atom. The molecule has 0 aromatic carbocycles. The molecular formula is C12H20N4. The van der Waals surface area contributed by atoms with Crippen LogP contribution in [-0.2, 0) is 0 Å². The number of hydrogen-bond donors (Lipinski definition) is 2. The third kappa shape index (κ3) is 4.77. The van der Waals surface area contributed by atoms with Crippen LogP contribution in [0.1, 0.15) is 20.3 Å². The summed E-state index contributed by atoms with van der Waals surface area (Å²) in [6, 6.07) is 1.87. The van der Waals surface area contributed by atoms with Crippen molar-refractivity contribution < 1.29 is 0 Å². The summed E-state index contributed by atoms with van der Waals surface area (Å²) in [4.78, 5) is 8.44. The lowest BCUT2D eigenvalue weighted by atomic mass is 10.1. The summed E-state index contributed by atoms with van der Waals surface area (Å²) >= 11 is 0. The number of hydrogen-bond acceptors (Lipinski definition) is 4. The number of aromatic nitrogens is 2. The summed E-state index contributed by atoms with van der Waals surface area (Å²) in [5.41, 5.74) is 0. The molecule has 0 unspecified atom stereocenters. The molecule has 2 N–H and O–H groups in total. The van der Waals surface area contributed by atoms with Crippen LogP contribution >= 0.6 is 0 Å². The first kappa shape index (κ1) is 12.5. The fraction of sp³-hybridized carbons (Fsp3) is 0.500. The molecule has 4 heteroatoms. The van der Waals surface area contributed by atoms with Crippen molar-refractivity contribution in [3.05, 3.63) is 24.9 Å². The molecule has 0 radical (unpaired) electrons. The summed E-state index contributed by atoms with van der Waals surface area (Å²) < 4.78 is 0. The van der Waals surface area contributed by atoms with Gasteiger partial charge in [-0.2, -0.15) is 4.98 Å². The molecule has 0 spiro atoms. The fourth-order valence-electron chi connectivity index (χ4n) is 1.19. The van der Waals surface area contributed by atoms with Gasteiger partial charge in [0.05, 0.1) is 0 Å². The van der Waals surface area contributed by atoms with Crippen molar-refractivity contribution in [3.8, 4) is 0 Å². The minimum Gasteiger partial charge on any atom is -0.370 e. The lowest BCUT2D eigenvalue weighted by Crippen LogP contribution is -2.08. The lowest BCUT2D eigenvalue weighted by Gasteiger charge is -2.08. The Hall–Kier alpha value is -1.58. The summed E-state index contributed by atoms with van der Waals surface area (Å²) in [6.07, 6.45) is 4.66. The Balaban J connectivity index is 2.43. The van der Waals surface area contributed by atoms with E-state index in [4.69, 9.17) is 0 Å². The van der Waals surface area contributed by atoms with E-state index in [1.807, 2.05) is 6.07 Å². The smallest absolute Gasteiger partial charge is 0.224 e. The lowest BCUT2D eigenvalue weighted by molar-refractivity contribution is 0.606. The van der Waals surface area contributed by atoms with Gasteiger partial charge in [-0.1, -0.05) is 19.9 Å². The van der Waals surface area contributed by atoms with E-state index in [1.165, 1.54) is 0 Å². The molecule has 0 aliphatic rings. The summed E-state index contributed by atoms with van der Waals surface area (Å²) in [6.45, 7) is 9.66. The van der Waals surface area contributed by atoms with Gasteiger partial charge in [0.1, 0.15) is 5.82 Å². The maximum atomic E-state index is 4.33. The van der Waals surface area contributed by atoms with Crippen LogP contribution in [0, 0.1) is 5.92 Å². The third-order valence-electron chi connectivity index (χ3n) is 2.09. The summed E-state index contributed by atoms with van der Waals surface area (Å²) in [5, 5.41) is 6.33. The molecule has 1 aromatic heterocycles. The minimum atomic E-state index is 0.634. The minimum absolute atomic E-state index is 0.634. The van der Waals surface area contributed by atoms with E-state index < -0.39 is 0 Å². The van der Waals surface area contributed by atoms with Crippen LogP contribution in [0.5, 0.6) is 0 Å². The van der Waals surface area contributed by atoms with Crippen LogP contribution < -0.4 is 10.6 Å². The van der Waals surface area contributed by atoms with Crippen LogP contribution in [-0.4, -0.2) is 23.1 Å². The zero-order chi connectivity index (χ0) is 11.8. The molecule has 0 aliphatic heterocycles. The molecule has 0 fully saturated rings. The van der Waals surface area contributed by atoms with Gasteiger partial charge < -0.3 is 10.6 Å². The van der Waals surface area contributed by atoms with Crippen LogP contribution in [0.3, 0.4) is 0 Å². The molecule has 4 nitrogen and oxygen atoms in total. The second-order valence-electron chi connectivity index (χ2n) is 4.04. The molecular weight excluding hydrogens is 200 g/mol.